The van der Waals surface area contributed by atoms with Gasteiger partial charge < -0.3 is 9.64 Å². The molecule has 1 amide bonds. The van der Waals surface area contributed by atoms with E-state index in [1.165, 1.54) is 17.0 Å². The average Bonchev–Trinajstić information content (AvgIpc) is 2.61. The summed E-state index contributed by atoms with van der Waals surface area (Å²) in [6.07, 6.45) is 0. The average molecular weight is 363 g/mol. The van der Waals surface area contributed by atoms with Crippen molar-refractivity contribution in [3.8, 4) is 5.75 Å². The number of aryl methyl sites for hydroxylation is 1. The number of nitro groups is 1. The molecule has 0 saturated heterocycles. The highest BCUT2D eigenvalue weighted by atomic mass is 35.5. The molecule has 0 saturated carbocycles. The largest absolute Gasteiger partial charge is 0.484 e. The molecule has 2 rings (SSSR count). The smallest absolute Gasteiger partial charge is 0.269 e. The van der Waals surface area contributed by atoms with Crippen LogP contribution in [0.2, 0.25) is 5.02 Å². The quantitative estimate of drug-likeness (QED) is 0.571. The summed E-state index contributed by atoms with van der Waals surface area (Å²) in [6, 6.07) is 11.1. The molecule has 2 aromatic carbocycles. The van der Waals surface area contributed by atoms with Gasteiger partial charge in [-0.1, -0.05) is 23.7 Å². The van der Waals surface area contributed by atoms with Crippen LogP contribution in [0.1, 0.15) is 24.1 Å². The summed E-state index contributed by atoms with van der Waals surface area (Å²) >= 11 is 5.96. The fraction of sp³-hybridized carbons (Fsp3) is 0.278. The number of carbonyl (C=O) groups is 1. The minimum Gasteiger partial charge on any atom is -0.484 e. The predicted molar refractivity (Wildman–Crippen MR) is 96.0 cm³/mol. The Balaban J connectivity index is 2.02. The summed E-state index contributed by atoms with van der Waals surface area (Å²) in [4.78, 5) is 24.3. The van der Waals surface area contributed by atoms with E-state index in [1.54, 1.807) is 37.4 Å². The number of benzene rings is 2. The zero-order valence-corrected chi connectivity index (χ0v) is 15.0. The fourth-order valence-corrected chi connectivity index (χ4v) is 2.41. The molecule has 0 radical (unpaired) electrons. The Bertz CT molecular complexity index is 794. The van der Waals surface area contributed by atoms with Crippen LogP contribution in [0.3, 0.4) is 0 Å². The molecule has 7 heteroatoms. The van der Waals surface area contributed by atoms with Crippen LogP contribution in [0.4, 0.5) is 5.69 Å². The van der Waals surface area contributed by atoms with Crippen molar-refractivity contribution < 1.29 is 14.5 Å². The molecule has 0 aliphatic carbocycles. The number of nitro benzene ring substituents is 1. The van der Waals surface area contributed by atoms with Crippen molar-refractivity contribution in [3.05, 3.63) is 68.7 Å². The molecule has 0 N–H and O–H groups in total. The van der Waals surface area contributed by atoms with Crippen LogP contribution in [0.5, 0.6) is 5.75 Å². The first kappa shape index (κ1) is 18.7. The highest BCUT2D eigenvalue weighted by molar-refractivity contribution is 6.31. The molecule has 0 heterocycles. The van der Waals surface area contributed by atoms with Gasteiger partial charge in [0.1, 0.15) is 5.75 Å². The van der Waals surface area contributed by atoms with Gasteiger partial charge in [0.15, 0.2) is 6.61 Å². The van der Waals surface area contributed by atoms with Gasteiger partial charge >= 0.3 is 0 Å². The second-order valence-corrected chi connectivity index (χ2v) is 6.14. The number of hydrogen-bond donors (Lipinski definition) is 0. The fourth-order valence-electron chi connectivity index (χ4n) is 2.29. The molecule has 1 atom stereocenters. The Labute approximate surface area is 151 Å². The Kier molecular flexibility index (Phi) is 5.98. The first-order valence-electron chi connectivity index (χ1n) is 7.68. The number of non-ortho nitro benzene ring substituents is 1. The molecule has 0 aromatic heterocycles. The van der Waals surface area contributed by atoms with Crippen LogP contribution < -0.4 is 4.74 Å². The van der Waals surface area contributed by atoms with Crippen LogP contribution in [0.15, 0.2) is 42.5 Å². The van der Waals surface area contributed by atoms with Crippen molar-refractivity contribution in [2.24, 2.45) is 0 Å². The lowest BCUT2D eigenvalue weighted by molar-refractivity contribution is -0.384. The SMILES string of the molecule is Cc1cc(OCC(=O)N(C)[C@H](C)c2cccc([N+](=O)[O-])c2)ccc1Cl. The third-order valence-corrected chi connectivity index (χ3v) is 4.45. The van der Waals surface area contributed by atoms with E-state index in [1.807, 2.05) is 13.8 Å². The van der Waals surface area contributed by atoms with Gasteiger partial charge in [0.2, 0.25) is 0 Å². The van der Waals surface area contributed by atoms with E-state index >= 15 is 0 Å². The number of likely N-dealkylation sites (N-methyl/N-ethyl adjacent to an activating group) is 1. The van der Waals surface area contributed by atoms with Crippen molar-refractivity contribution in [3.63, 3.8) is 0 Å². The van der Waals surface area contributed by atoms with E-state index in [2.05, 4.69) is 0 Å². The third kappa shape index (κ3) is 4.70. The molecule has 0 bridgehead atoms. The van der Waals surface area contributed by atoms with E-state index in [-0.39, 0.29) is 24.2 Å². The molecule has 6 nitrogen and oxygen atoms in total. The molecule has 0 fully saturated rings. The molecule has 0 aliphatic heterocycles. The molecule has 25 heavy (non-hydrogen) atoms. The number of ether oxygens (including phenoxy) is 1. The van der Waals surface area contributed by atoms with Crippen molar-refractivity contribution in [1.29, 1.82) is 0 Å². The second kappa shape index (κ2) is 7.98. The van der Waals surface area contributed by atoms with Gasteiger partial charge in [-0.05, 0) is 43.2 Å². The lowest BCUT2D eigenvalue weighted by Crippen LogP contribution is -2.33. The first-order chi connectivity index (χ1) is 11.8. The van der Waals surface area contributed by atoms with Crippen molar-refractivity contribution in [1.82, 2.24) is 4.90 Å². The summed E-state index contributed by atoms with van der Waals surface area (Å²) in [5.41, 5.74) is 1.55. The zero-order chi connectivity index (χ0) is 18.6. The van der Waals surface area contributed by atoms with Crippen LogP contribution >= 0.6 is 11.6 Å². The minimum atomic E-state index is -0.454. The molecular weight excluding hydrogens is 344 g/mol. The van der Waals surface area contributed by atoms with Gasteiger partial charge in [0, 0.05) is 24.2 Å². The van der Waals surface area contributed by atoms with Crippen molar-refractivity contribution >= 4 is 23.2 Å². The molecule has 132 valence electrons. The van der Waals surface area contributed by atoms with Crippen molar-refractivity contribution in [2.45, 2.75) is 19.9 Å². The number of rotatable bonds is 6. The van der Waals surface area contributed by atoms with Crippen LogP contribution in [0, 0.1) is 17.0 Å². The van der Waals surface area contributed by atoms with E-state index in [0.29, 0.717) is 16.3 Å². The molecular formula is C18H19ClN2O4. The maximum absolute atomic E-state index is 12.3. The van der Waals surface area contributed by atoms with Gasteiger partial charge in [0.05, 0.1) is 11.0 Å². The summed E-state index contributed by atoms with van der Waals surface area (Å²) in [6.45, 7) is 3.54. The highest BCUT2D eigenvalue weighted by Gasteiger charge is 2.19. The first-order valence-corrected chi connectivity index (χ1v) is 8.06. The van der Waals surface area contributed by atoms with E-state index in [0.717, 1.165) is 5.56 Å². The summed E-state index contributed by atoms with van der Waals surface area (Å²) in [7, 11) is 1.64. The molecule has 2 aromatic rings. The predicted octanol–water partition coefficient (Wildman–Crippen LogP) is 4.16. The Morgan fingerprint density at radius 3 is 2.68 bits per heavy atom. The van der Waals surface area contributed by atoms with Crippen LogP contribution in [-0.4, -0.2) is 29.4 Å². The lowest BCUT2D eigenvalue weighted by atomic mass is 10.1. The minimum absolute atomic E-state index is 0.00177. The van der Waals surface area contributed by atoms with Crippen molar-refractivity contribution in [2.75, 3.05) is 13.7 Å². The normalized spacial score (nSPS) is 11.7. The number of amides is 1. The van der Waals surface area contributed by atoms with E-state index in [9.17, 15) is 14.9 Å². The van der Waals surface area contributed by atoms with Crippen LogP contribution in [0.25, 0.3) is 0 Å². The van der Waals surface area contributed by atoms with E-state index < -0.39 is 4.92 Å². The monoisotopic (exact) mass is 362 g/mol. The Morgan fingerprint density at radius 2 is 2.04 bits per heavy atom. The second-order valence-electron chi connectivity index (χ2n) is 5.73. The van der Waals surface area contributed by atoms with Gasteiger partial charge in [-0.3, -0.25) is 14.9 Å². The molecule has 0 unspecified atom stereocenters. The van der Waals surface area contributed by atoms with Gasteiger partial charge in [-0.2, -0.15) is 0 Å². The highest BCUT2D eigenvalue weighted by Crippen LogP contribution is 2.24. The number of nitrogens with zero attached hydrogens (tertiary/aromatic N) is 2. The molecule has 0 spiro atoms. The van der Waals surface area contributed by atoms with E-state index in [4.69, 9.17) is 16.3 Å². The van der Waals surface area contributed by atoms with Gasteiger partial charge in [-0.15, -0.1) is 0 Å². The number of carbonyl (C=O) groups excluding carboxylic acids is 1. The van der Waals surface area contributed by atoms with Gasteiger partial charge in [-0.25, -0.2) is 0 Å². The number of halogens is 1. The Hall–Kier alpha value is -2.60. The summed E-state index contributed by atoms with van der Waals surface area (Å²) < 4.78 is 5.51. The van der Waals surface area contributed by atoms with Gasteiger partial charge in [0.25, 0.3) is 11.6 Å². The van der Waals surface area contributed by atoms with Crippen LogP contribution in [-0.2, 0) is 4.79 Å². The maximum atomic E-state index is 12.3. The number of hydrogen-bond acceptors (Lipinski definition) is 4. The lowest BCUT2D eigenvalue weighted by Gasteiger charge is -2.25. The maximum Gasteiger partial charge on any atom is 0.269 e. The molecule has 0 aliphatic rings. The summed E-state index contributed by atoms with van der Waals surface area (Å²) in [5, 5.41) is 11.5. The Morgan fingerprint density at radius 1 is 1.32 bits per heavy atom. The summed E-state index contributed by atoms with van der Waals surface area (Å²) in [5.74, 6) is 0.332. The topological polar surface area (TPSA) is 72.7 Å². The zero-order valence-electron chi connectivity index (χ0n) is 14.2. The standard InChI is InChI=1S/C18H19ClN2O4/c1-12-9-16(7-8-17(12)19)25-11-18(22)20(3)13(2)14-5-4-6-15(10-14)21(23)24/h4-10,13H,11H2,1-3H3/t13-/m1/s1. The third-order valence-electron chi connectivity index (χ3n) is 4.03.